The van der Waals surface area contributed by atoms with E-state index in [9.17, 15) is 13.2 Å². The number of carbonyl (C=O) groups is 1. The van der Waals surface area contributed by atoms with Crippen molar-refractivity contribution in [1.82, 2.24) is 15.1 Å². The van der Waals surface area contributed by atoms with Crippen molar-refractivity contribution in [3.8, 4) is 11.5 Å². The highest BCUT2D eigenvalue weighted by molar-refractivity contribution is 7.93. The fourth-order valence-electron chi connectivity index (χ4n) is 2.85. The van der Waals surface area contributed by atoms with Crippen LogP contribution in [0.15, 0.2) is 33.7 Å². The van der Waals surface area contributed by atoms with Gasteiger partial charge in [0.25, 0.3) is 15.9 Å². The Bertz CT molecular complexity index is 1110. The lowest BCUT2D eigenvalue weighted by atomic mass is 10.2. The lowest BCUT2D eigenvalue weighted by molar-refractivity contribution is 0.0600. The Morgan fingerprint density at radius 3 is 2.46 bits per heavy atom. The highest BCUT2D eigenvalue weighted by atomic mass is 32.2. The first-order valence-corrected chi connectivity index (χ1v) is 9.98. The molecule has 0 saturated carbocycles. The average Bonchev–Trinajstić information content (AvgIpc) is 3.25. The Hall–Kier alpha value is -3.14. The maximum atomic E-state index is 13.1. The summed E-state index contributed by atoms with van der Waals surface area (Å²) in [5, 5.41) is 3.84. The van der Waals surface area contributed by atoms with Gasteiger partial charge >= 0.3 is 5.97 Å². The van der Waals surface area contributed by atoms with E-state index in [1.54, 1.807) is 13.8 Å². The van der Waals surface area contributed by atoms with Gasteiger partial charge in [-0.05, 0) is 38.1 Å². The molecule has 0 unspecified atom stereocenters. The summed E-state index contributed by atoms with van der Waals surface area (Å²) in [5.74, 6) is 0.125. The molecule has 0 radical (unpaired) electrons. The van der Waals surface area contributed by atoms with Crippen molar-refractivity contribution in [2.24, 2.45) is 0 Å². The zero-order valence-electron chi connectivity index (χ0n) is 15.9. The number of aryl methyl sites for hydroxylation is 3. The van der Waals surface area contributed by atoms with Crippen LogP contribution in [0.5, 0.6) is 0 Å². The predicted molar refractivity (Wildman–Crippen MR) is 102 cm³/mol. The third kappa shape index (κ3) is 3.63. The van der Waals surface area contributed by atoms with Crippen molar-refractivity contribution < 1.29 is 22.5 Å². The summed E-state index contributed by atoms with van der Waals surface area (Å²) >= 11 is 0. The molecule has 2 heterocycles. The zero-order chi connectivity index (χ0) is 20.5. The summed E-state index contributed by atoms with van der Waals surface area (Å²) in [4.78, 5) is 18.8. The van der Waals surface area contributed by atoms with E-state index in [4.69, 9.17) is 4.52 Å². The van der Waals surface area contributed by atoms with Gasteiger partial charge in [0.15, 0.2) is 5.82 Å². The van der Waals surface area contributed by atoms with Gasteiger partial charge in [0, 0.05) is 23.5 Å². The number of aromatic amines is 1. The average molecular weight is 404 g/mol. The van der Waals surface area contributed by atoms with Crippen LogP contribution in [-0.4, -0.2) is 36.6 Å². The Morgan fingerprint density at radius 1 is 1.21 bits per heavy atom. The largest absolute Gasteiger partial charge is 0.465 e. The van der Waals surface area contributed by atoms with E-state index in [1.165, 1.54) is 31.4 Å². The summed E-state index contributed by atoms with van der Waals surface area (Å²) in [5.41, 5.74) is 2.01. The van der Waals surface area contributed by atoms with E-state index in [2.05, 4.69) is 24.6 Å². The quantitative estimate of drug-likeness (QED) is 0.605. The summed E-state index contributed by atoms with van der Waals surface area (Å²) in [6.45, 7) is 5.27. The van der Waals surface area contributed by atoms with Gasteiger partial charge < -0.3 is 14.2 Å². The van der Waals surface area contributed by atoms with Gasteiger partial charge in [0.2, 0.25) is 0 Å². The summed E-state index contributed by atoms with van der Waals surface area (Å²) < 4.78 is 38.5. The van der Waals surface area contributed by atoms with Gasteiger partial charge in [0.05, 0.1) is 18.2 Å². The molecule has 1 aromatic carbocycles. The zero-order valence-corrected chi connectivity index (χ0v) is 16.7. The number of hydrogen-bond donors (Lipinski definition) is 2. The molecular formula is C18H20N4O5S. The van der Waals surface area contributed by atoms with E-state index in [1.807, 2.05) is 6.92 Å². The van der Waals surface area contributed by atoms with Crippen LogP contribution in [0.2, 0.25) is 0 Å². The van der Waals surface area contributed by atoms with Crippen molar-refractivity contribution in [2.75, 3.05) is 11.8 Å². The van der Waals surface area contributed by atoms with E-state index < -0.39 is 16.0 Å². The van der Waals surface area contributed by atoms with Crippen LogP contribution in [0.1, 0.15) is 34.5 Å². The number of methoxy groups -OCH3 is 1. The van der Waals surface area contributed by atoms with Crippen molar-refractivity contribution in [3.05, 3.63) is 47.0 Å². The van der Waals surface area contributed by atoms with Crippen LogP contribution >= 0.6 is 0 Å². The number of hydrogen-bond acceptors (Lipinski definition) is 7. The minimum atomic E-state index is -3.96. The number of nitrogens with one attached hydrogen (secondary N) is 2. The molecule has 2 aromatic heterocycles. The fourth-order valence-corrected chi connectivity index (χ4v) is 4.36. The van der Waals surface area contributed by atoms with E-state index in [-0.39, 0.29) is 10.8 Å². The Morgan fingerprint density at radius 2 is 1.89 bits per heavy atom. The normalized spacial score (nSPS) is 11.4. The number of ether oxygens (including phenoxy) is 1. The topological polar surface area (TPSA) is 127 Å². The molecule has 9 nitrogen and oxygen atoms in total. The van der Waals surface area contributed by atoms with Crippen molar-refractivity contribution in [2.45, 2.75) is 32.1 Å². The molecule has 0 spiro atoms. The van der Waals surface area contributed by atoms with Crippen molar-refractivity contribution in [3.63, 3.8) is 0 Å². The lowest BCUT2D eigenvalue weighted by Gasteiger charge is -2.10. The highest BCUT2D eigenvalue weighted by Crippen LogP contribution is 2.33. The first-order valence-electron chi connectivity index (χ1n) is 8.50. The number of esters is 1. The first-order chi connectivity index (χ1) is 13.3. The molecule has 0 aliphatic carbocycles. The van der Waals surface area contributed by atoms with Crippen LogP contribution in [0.25, 0.3) is 11.5 Å². The molecule has 0 aliphatic rings. The monoisotopic (exact) mass is 404 g/mol. The van der Waals surface area contributed by atoms with Gasteiger partial charge in [-0.2, -0.15) is 4.98 Å². The third-order valence-electron chi connectivity index (χ3n) is 4.14. The molecule has 3 aromatic rings. The molecule has 0 atom stereocenters. The second-order valence-corrected chi connectivity index (χ2v) is 7.74. The van der Waals surface area contributed by atoms with Gasteiger partial charge in [-0.3, -0.25) is 4.72 Å². The van der Waals surface area contributed by atoms with E-state index in [0.29, 0.717) is 40.4 Å². The first kappa shape index (κ1) is 19.6. The minimum Gasteiger partial charge on any atom is -0.465 e. The standard InChI is InChI=1S/C18H20N4O5S/c1-5-14-20-17(27-21-14)15-10(2)19-11(3)16(15)28(24,25)22-13-8-6-12(7-9-13)18(23)26-4/h6-9,19,22H,5H2,1-4H3. The molecule has 10 heteroatoms. The molecule has 148 valence electrons. The number of sulfonamides is 1. The Kier molecular flexibility index (Phi) is 5.23. The molecule has 2 N–H and O–H groups in total. The number of aromatic nitrogens is 3. The number of rotatable bonds is 6. The Labute approximate surface area is 162 Å². The number of benzene rings is 1. The minimum absolute atomic E-state index is 0.0355. The van der Waals surface area contributed by atoms with Gasteiger partial charge in [-0.25, -0.2) is 13.2 Å². The fraction of sp³-hybridized carbons (Fsp3) is 0.278. The maximum absolute atomic E-state index is 13.1. The highest BCUT2D eigenvalue weighted by Gasteiger charge is 2.29. The van der Waals surface area contributed by atoms with E-state index >= 15 is 0 Å². The smallest absolute Gasteiger partial charge is 0.337 e. The van der Waals surface area contributed by atoms with Gasteiger partial charge in [-0.15, -0.1) is 0 Å². The van der Waals surface area contributed by atoms with Crippen molar-refractivity contribution in [1.29, 1.82) is 0 Å². The summed E-state index contributed by atoms with van der Waals surface area (Å²) in [6.07, 6.45) is 0.568. The SMILES string of the molecule is CCc1noc(-c2c(C)[nH]c(C)c2S(=O)(=O)Nc2ccc(C(=O)OC)cc2)n1. The van der Waals surface area contributed by atoms with Crippen LogP contribution in [0.3, 0.4) is 0 Å². The second-order valence-electron chi connectivity index (χ2n) is 6.12. The summed E-state index contributed by atoms with van der Waals surface area (Å²) in [6, 6.07) is 5.93. The molecule has 0 saturated heterocycles. The van der Waals surface area contributed by atoms with Crippen LogP contribution in [0.4, 0.5) is 5.69 Å². The second kappa shape index (κ2) is 7.47. The number of anilines is 1. The molecule has 0 aliphatic heterocycles. The molecule has 0 amide bonds. The van der Waals surface area contributed by atoms with Gasteiger partial charge in [0.1, 0.15) is 4.90 Å². The van der Waals surface area contributed by atoms with Crippen LogP contribution in [-0.2, 0) is 21.2 Å². The van der Waals surface area contributed by atoms with Gasteiger partial charge in [-0.1, -0.05) is 12.1 Å². The lowest BCUT2D eigenvalue weighted by Crippen LogP contribution is -2.14. The number of H-pyrrole nitrogens is 1. The van der Waals surface area contributed by atoms with Crippen molar-refractivity contribution >= 4 is 21.7 Å². The van der Waals surface area contributed by atoms with Crippen LogP contribution in [0, 0.1) is 13.8 Å². The Balaban J connectivity index is 1.99. The maximum Gasteiger partial charge on any atom is 0.337 e. The summed E-state index contributed by atoms with van der Waals surface area (Å²) in [7, 11) is -2.69. The predicted octanol–water partition coefficient (Wildman–Crippen LogP) is 2.83. The molecule has 0 fully saturated rings. The molecule has 0 bridgehead atoms. The number of carbonyl (C=O) groups excluding carboxylic acids is 1. The molecular weight excluding hydrogens is 384 g/mol. The molecule has 28 heavy (non-hydrogen) atoms. The van der Waals surface area contributed by atoms with Crippen LogP contribution < -0.4 is 4.72 Å². The van der Waals surface area contributed by atoms with E-state index in [0.717, 1.165) is 0 Å². The molecule has 3 rings (SSSR count). The number of nitrogens with zero attached hydrogens (tertiary/aromatic N) is 2. The third-order valence-corrected chi connectivity index (χ3v) is 5.69.